The van der Waals surface area contributed by atoms with E-state index in [0.717, 1.165) is 17.9 Å². The van der Waals surface area contributed by atoms with Gasteiger partial charge in [-0.25, -0.2) is 0 Å². The van der Waals surface area contributed by atoms with Crippen LogP contribution >= 0.6 is 23.4 Å². The van der Waals surface area contributed by atoms with Gasteiger partial charge in [-0.1, -0.05) is 29.8 Å². The second kappa shape index (κ2) is 9.33. The Kier molecular flexibility index (Phi) is 7.10. The summed E-state index contributed by atoms with van der Waals surface area (Å²) in [5.41, 5.74) is 6.67. The molecule has 0 bridgehead atoms. The maximum atomic E-state index is 6.07. The Bertz CT molecular complexity index is 650. The van der Waals surface area contributed by atoms with Gasteiger partial charge in [0.25, 0.3) is 0 Å². The molecule has 3 N–H and O–H groups in total. The van der Waals surface area contributed by atoms with E-state index < -0.39 is 0 Å². The summed E-state index contributed by atoms with van der Waals surface area (Å²) in [6, 6.07) is 15.7. The SMILES string of the molecule is COc1ccc(NC(N)=NCCCSc2ccccc2)cc1Cl. The first kappa shape index (κ1) is 17.5. The van der Waals surface area contributed by atoms with Gasteiger partial charge in [0.05, 0.1) is 12.1 Å². The molecule has 0 aliphatic carbocycles. The summed E-state index contributed by atoms with van der Waals surface area (Å²) >= 11 is 7.89. The number of ether oxygens (including phenoxy) is 1. The van der Waals surface area contributed by atoms with E-state index in [4.69, 9.17) is 22.1 Å². The van der Waals surface area contributed by atoms with E-state index in [2.05, 4.69) is 22.4 Å². The zero-order chi connectivity index (χ0) is 16.5. The summed E-state index contributed by atoms with van der Waals surface area (Å²) in [5, 5.41) is 3.56. The van der Waals surface area contributed by atoms with Crippen LogP contribution in [0.4, 0.5) is 5.69 Å². The lowest BCUT2D eigenvalue weighted by Gasteiger charge is -2.08. The second-order valence-corrected chi connectivity index (χ2v) is 6.33. The normalized spacial score (nSPS) is 11.3. The van der Waals surface area contributed by atoms with Gasteiger partial charge in [-0.3, -0.25) is 4.99 Å². The molecular weight excluding hydrogens is 330 g/mol. The number of aliphatic imine (C=N–C) groups is 1. The number of rotatable bonds is 7. The molecule has 2 aromatic carbocycles. The number of nitrogens with zero attached hydrogens (tertiary/aromatic N) is 1. The number of halogens is 1. The number of guanidine groups is 1. The lowest BCUT2D eigenvalue weighted by molar-refractivity contribution is 0.415. The first-order valence-electron chi connectivity index (χ1n) is 7.27. The van der Waals surface area contributed by atoms with Crippen molar-refractivity contribution in [3.63, 3.8) is 0 Å². The molecule has 0 saturated heterocycles. The van der Waals surface area contributed by atoms with E-state index >= 15 is 0 Å². The van der Waals surface area contributed by atoms with Crippen LogP contribution in [0.2, 0.25) is 5.02 Å². The maximum Gasteiger partial charge on any atom is 0.193 e. The third-order valence-corrected chi connectivity index (χ3v) is 4.41. The molecule has 0 saturated carbocycles. The van der Waals surface area contributed by atoms with E-state index in [1.165, 1.54) is 4.90 Å². The fourth-order valence-electron chi connectivity index (χ4n) is 1.90. The van der Waals surface area contributed by atoms with E-state index in [1.807, 2.05) is 36.0 Å². The summed E-state index contributed by atoms with van der Waals surface area (Å²) in [6.07, 6.45) is 0.964. The number of benzene rings is 2. The maximum absolute atomic E-state index is 6.07. The minimum atomic E-state index is 0.385. The van der Waals surface area contributed by atoms with Gasteiger partial charge in [0.1, 0.15) is 5.75 Å². The Balaban J connectivity index is 1.74. The molecule has 2 aromatic rings. The predicted octanol–water partition coefficient (Wildman–Crippen LogP) is 4.26. The minimum Gasteiger partial charge on any atom is -0.495 e. The Morgan fingerprint density at radius 2 is 2.04 bits per heavy atom. The fourth-order valence-corrected chi connectivity index (χ4v) is 3.02. The molecular formula is C17H20ClN3OS. The molecule has 0 aromatic heterocycles. The highest BCUT2D eigenvalue weighted by atomic mass is 35.5. The predicted molar refractivity (Wildman–Crippen MR) is 99.9 cm³/mol. The molecule has 6 heteroatoms. The van der Waals surface area contributed by atoms with Crippen LogP contribution in [0.25, 0.3) is 0 Å². The Labute approximate surface area is 146 Å². The van der Waals surface area contributed by atoms with Crippen LogP contribution in [0.15, 0.2) is 58.4 Å². The molecule has 0 aliphatic heterocycles. The van der Waals surface area contributed by atoms with Crippen molar-refractivity contribution in [2.45, 2.75) is 11.3 Å². The molecule has 0 spiro atoms. The van der Waals surface area contributed by atoms with Crippen molar-refractivity contribution in [1.29, 1.82) is 0 Å². The molecule has 4 nitrogen and oxygen atoms in total. The van der Waals surface area contributed by atoms with Crippen LogP contribution in [-0.2, 0) is 0 Å². The lowest BCUT2D eigenvalue weighted by atomic mass is 10.3. The topological polar surface area (TPSA) is 59.6 Å². The smallest absolute Gasteiger partial charge is 0.193 e. The van der Waals surface area contributed by atoms with Crippen molar-refractivity contribution in [2.75, 3.05) is 24.7 Å². The van der Waals surface area contributed by atoms with Gasteiger partial charge in [0, 0.05) is 17.1 Å². The molecule has 122 valence electrons. The summed E-state index contributed by atoms with van der Waals surface area (Å²) in [5.74, 6) is 2.02. The average molecular weight is 350 g/mol. The minimum absolute atomic E-state index is 0.385. The van der Waals surface area contributed by atoms with Crippen molar-refractivity contribution in [2.24, 2.45) is 10.7 Å². The number of hydrogen-bond donors (Lipinski definition) is 2. The quantitative estimate of drug-likeness (QED) is 0.339. The largest absolute Gasteiger partial charge is 0.495 e. The number of nitrogens with two attached hydrogens (primary N) is 1. The Hall–Kier alpha value is -1.85. The van der Waals surface area contributed by atoms with Gasteiger partial charge in [-0.2, -0.15) is 0 Å². The molecule has 0 heterocycles. The number of thioether (sulfide) groups is 1. The van der Waals surface area contributed by atoms with Crippen molar-refractivity contribution in [3.8, 4) is 5.75 Å². The van der Waals surface area contributed by atoms with E-state index in [-0.39, 0.29) is 0 Å². The molecule has 23 heavy (non-hydrogen) atoms. The second-order valence-electron chi connectivity index (χ2n) is 4.76. The zero-order valence-electron chi connectivity index (χ0n) is 13.0. The molecule has 0 aliphatic rings. The Morgan fingerprint density at radius 1 is 1.26 bits per heavy atom. The lowest BCUT2D eigenvalue weighted by Crippen LogP contribution is -2.22. The number of methoxy groups -OCH3 is 1. The van der Waals surface area contributed by atoms with Crippen LogP contribution in [0.3, 0.4) is 0 Å². The van der Waals surface area contributed by atoms with E-state index in [1.54, 1.807) is 19.2 Å². The van der Waals surface area contributed by atoms with Gasteiger partial charge in [0.2, 0.25) is 0 Å². The highest BCUT2D eigenvalue weighted by molar-refractivity contribution is 7.99. The Morgan fingerprint density at radius 3 is 2.74 bits per heavy atom. The van der Waals surface area contributed by atoms with Crippen LogP contribution in [0, 0.1) is 0 Å². The van der Waals surface area contributed by atoms with Crippen LogP contribution < -0.4 is 15.8 Å². The molecule has 0 amide bonds. The number of anilines is 1. The molecule has 0 radical (unpaired) electrons. The molecule has 0 unspecified atom stereocenters. The van der Waals surface area contributed by atoms with E-state index in [9.17, 15) is 0 Å². The monoisotopic (exact) mass is 349 g/mol. The average Bonchev–Trinajstić information content (AvgIpc) is 2.56. The van der Waals surface area contributed by atoms with Crippen LogP contribution in [0.1, 0.15) is 6.42 Å². The third kappa shape index (κ3) is 6.04. The third-order valence-electron chi connectivity index (χ3n) is 3.02. The van der Waals surface area contributed by atoms with Crippen molar-refractivity contribution < 1.29 is 4.74 Å². The summed E-state index contributed by atoms with van der Waals surface area (Å²) in [6.45, 7) is 0.683. The number of nitrogens with one attached hydrogen (secondary N) is 1. The van der Waals surface area contributed by atoms with E-state index in [0.29, 0.717) is 23.3 Å². The first-order valence-corrected chi connectivity index (χ1v) is 8.63. The first-order chi connectivity index (χ1) is 11.2. The molecule has 0 atom stereocenters. The number of hydrogen-bond acceptors (Lipinski definition) is 3. The fraction of sp³-hybridized carbons (Fsp3) is 0.235. The highest BCUT2D eigenvalue weighted by Gasteiger charge is 2.02. The summed E-state index contributed by atoms with van der Waals surface area (Å²) in [4.78, 5) is 5.59. The van der Waals surface area contributed by atoms with Crippen molar-refractivity contribution >= 4 is 35.0 Å². The molecule has 2 rings (SSSR count). The van der Waals surface area contributed by atoms with Crippen molar-refractivity contribution in [1.82, 2.24) is 0 Å². The molecule has 0 fully saturated rings. The van der Waals surface area contributed by atoms with Crippen molar-refractivity contribution in [3.05, 3.63) is 53.6 Å². The summed E-state index contributed by atoms with van der Waals surface area (Å²) in [7, 11) is 1.58. The standard InChI is InChI=1S/C17H20ClN3OS/c1-22-16-9-8-13(12-15(16)18)21-17(19)20-10-5-11-23-14-6-3-2-4-7-14/h2-4,6-9,12H,5,10-11H2,1H3,(H3,19,20,21). The van der Waals surface area contributed by atoms with Gasteiger partial charge < -0.3 is 15.8 Å². The highest BCUT2D eigenvalue weighted by Crippen LogP contribution is 2.27. The van der Waals surface area contributed by atoms with Gasteiger partial charge in [-0.05, 0) is 42.5 Å². The van der Waals surface area contributed by atoms with Gasteiger partial charge >= 0.3 is 0 Å². The van der Waals surface area contributed by atoms with Crippen LogP contribution in [0.5, 0.6) is 5.75 Å². The summed E-state index contributed by atoms with van der Waals surface area (Å²) < 4.78 is 5.11. The van der Waals surface area contributed by atoms with Crippen LogP contribution in [-0.4, -0.2) is 25.4 Å². The van der Waals surface area contributed by atoms with Gasteiger partial charge in [0.15, 0.2) is 5.96 Å². The van der Waals surface area contributed by atoms with Gasteiger partial charge in [-0.15, -0.1) is 11.8 Å². The zero-order valence-corrected chi connectivity index (χ0v) is 14.5.